The van der Waals surface area contributed by atoms with Crippen LogP contribution in [-0.2, 0) is 0 Å². The molecule has 1 atom stereocenters. The van der Waals surface area contributed by atoms with Crippen LogP contribution in [0.5, 0.6) is 0 Å². The van der Waals surface area contributed by atoms with E-state index in [-0.39, 0.29) is 6.04 Å². The summed E-state index contributed by atoms with van der Waals surface area (Å²) in [5.74, 6) is 1.12. The largest absolute Gasteiger partial charge is 0.318 e. The third-order valence-electron chi connectivity index (χ3n) is 8.67. The van der Waals surface area contributed by atoms with Gasteiger partial charge in [0.25, 0.3) is 0 Å². The van der Waals surface area contributed by atoms with Gasteiger partial charge >= 0.3 is 0 Å². The van der Waals surface area contributed by atoms with Crippen LogP contribution >= 0.6 is 0 Å². The molecular formula is C40H31N3. The first kappa shape index (κ1) is 25.3. The number of hydrogen-bond donors (Lipinski definition) is 0. The SMILES string of the molecule is C/C=C\C=C1\c2nc3c4ccccc4c4ccccc4n3c2N(c2cc(-c3ccccc3)cc(-c3ccccc3)c2)C1C. The monoisotopic (exact) mass is 553 g/mol. The lowest BCUT2D eigenvalue weighted by Crippen LogP contribution is -2.25. The van der Waals surface area contributed by atoms with Crippen molar-refractivity contribution in [3.63, 3.8) is 0 Å². The van der Waals surface area contributed by atoms with Gasteiger partial charge in [-0.15, -0.1) is 0 Å². The maximum Gasteiger partial charge on any atom is 0.147 e. The molecule has 5 aromatic carbocycles. The van der Waals surface area contributed by atoms with Gasteiger partial charge in [-0.1, -0.05) is 121 Å². The van der Waals surface area contributed by atoms with Crippen LogP contribution in [0.15, 0.2) is 146 Å². The molecule has 8 rings (SSSR count). The Kier molecular flexibility index (Phi) is 5.97. The van der Waals surface area contributed by atoms with Gasteiger partial charge in [0.1, 0.15) is 17.2 Å². The molecule has 0 saturated carbocycles. The van der Waals surface area contributed by atoms with E-state index in [2.05, 4.69) is 169 Å². The Labute approximate surface area is 251 Å². The van der Waals surface area contributed by atoms with Gasteiger partial charge in [-0.3, -0.25) is 4.40 Å². The van der Waals surface area contributed by atoms with E-state index in [1.165, 1.54) is 38.6 Å². The van der Waals surface area contributed by atoms with Crippen molar-refractivity contribution in [1.29, 1.82) is 0 Å². The highest BCUT2D eigenvalue weighted by atomic mass is 15.3. The summed E-state index contributed by atoms with van der Waals surface area (Å²) < 4.78 is 2.39. The third-order valence-corrected chi connectivity index (χ3v) is 8.67. The molecule has 1 aliphatic heterocycles. The summed E-state index contributed by atoms with van der Waals surface area (Å²) >= 11 is 0. The van der Waals surface area contributed by atoms with Crippen LogP contribution in [-0.4, -0.2) is 15.4 Å². The molecule has 43 heavy (non-hydrogen) atoms. The molecule has 0 amide bonds. The minimum Gasteiger partial charge on any atom is -0.318 e. The van der Waals surface area contributed by atoms with Crippen LogP contribution in [0.25, 0.3) is 55.1 Å². The molecule has 0 bridgehead atoms. The maximum absolute atomic E-state index is 5.41. The second kappa shape index (κ2) is 10.1. The summed E-state index contributed by atoms with van der Waals surface area (Å²) in [5, 5.41) is 3.62. The normalized spacial score (nSPS) is 15.8. The molecule has 3 nitrogen and oxygen atoms in total. The van der Waals surface area contributed by atoms with Gasteiger partial charge in [0.2, 0.25) is 0 Å². The number of benzene rings is 5. The highest BCUT2D eigenvalue weighted by Crippen LogP contribution is 2.48. The minimum atomic E-state index is 0.0884. The smallest absolute Gasteiger partial charge is 0.147 e. The first-order valence-corrected chi connectivity index (χ1v) is 14.9. The Balaban J connectivity index is 1.47. The van der Waals surface area contributed by atoms with Gasteiger partial charge in [0, 0.05) is 22.0 Å². The molecule has 2 aromatic heterocycles. The van der Waals surface area contributed by atoms with E-state index in [1.54, 1.807) is 0 Å². The summed E-state index contributed by atoms with van der Waals surface area (Å²) in [6.07, 6.45) is 6.46. The van der Waals surface area contributed by atoms with Gasteiger partial charge in [0.05, 0.1) is 11.6 Å². The highest BCUT2D eigenvalue weighted by Gasteiger charge is 2.37. The van der Waals surface area contributed by atoms with Crippen LogP contribution in [0.2, 0.25) is 0 Å². The Hall–Kier alpha value is -5.41. The average molecular weight is 554 g/mol. The van der Waals surface area contributed by atoms with Crippen molar-refractivity contribution in [3.05, 3.63) is 151 Å². The van der Waals surface area contributed by atoms with Crippen LogP contribution in [0.4, 0.5) is 11.5 Å². The van der Waals surface area contributed by atoms with Crippen molar-refractivity contribution in [3.8, 4) is 22.3 Å². The molecule has 3 heteroatoms. The molecule has 0 aliphatic carbocycles. The fourth-order valence-corrected chi connectivity index (χ4v) is 6.67. The van der Waals surface area contributed by atoms with Gasteiger partial charge in [-0.05, 0) is 65.8 Å². The summed E-state index contributed by atoms with van der Waals surface area (Å²) in [6.45, 7) is 4.36. The van der Waals surface area contributed by atoms with Crippen LogP contribution in [0.1, 0.15) is 19.5 Å². The minimum absolute atomic E-state index is 0.0884. The number of pyridine rings is 1. The van der Waals surface area contributed by atoms with E-state index in [9.17, 15) is 0 Å². The fourth-order valence-electron chi connectivity index (χ4n) is 6.67. The zero-order valence-corrected chi connectivity index (χ0v) is 24.3. The Bertz CT molecular complexity index is 2150. The lowest BCUT2D eigenvalue weighted by atomic mass is 9.97. The first-order valence-electron chi connectivity index (χ1n) is 14.9. The van der Waals surface area contributed by atoms with Gasteiger partial charge in [0.15, 0.2) is 0 Å². The standard InChI is InChI=1S/C40H31N3/c1-3-4-19-33-27(2)42(32-25-30(28-15-7-5-8-16-28)24-31(26-32)29-17-9-6-10-18-29)40-38(33)41-39-36-22-12-11-20-34(36)35-21-13-14-23-37(35)43(39)40/h3-27H,1-2H3/b4-3-,33-19+. The second-order valence-corrected chi connectivity index (χ2v) is 11.2. The van der Waals surface area contributed by atoms with Crippen molar-refractivity contribution >= 4 is 44.4 Å². The zero-order valence-electron chi connectivity index (χ0n) is 24.3. The number of para-hydroxylation sites is 1. The van der Waals surface area contributed by atoms with Crippen molar-refractivity contribution in [1.82, 2.24) is 9.38 Å². The topological polar surface area (TPSA) is 20.5 Å². The summed E-state index contributed by atoms with van der Waals surface area (Å²) in [4.78, 5) is 7.90. The lowest BCUT2D eigenvalue weighted by Gasteiger charge is -2.27. The van der Waals surface area contributed by atoms with E-state index >= 15 is 0 Å². The molecule has 7 aromatic rings. The highest BCUT2D eigenvalue weighted by molar-refractivity contribution is 6.13. The van der Waals surface area contributed by atoms with Crippen molar-refractivity contribution in [2.24, 2.45) is 0 Å². The number of anilines is 2. The number of nitrogens with zero attached hydrogens (tertiary/aromatic N) is 3. The van der Waals surface area contributed by atoms with E-state index in [1.807, 2.05) is 0 Å². The van der Waals surface area contributed by atoms with Crippen molar-refractivity contribution < 1.29 is 0 Å². The summed E-state index contributed by atoms with van der Waals surface area (Å²) in [6, 6.07) is 45.8. The molecule has 0 N–H and O–H groups in total. The van der Waals surface area contributed by atoms with E-state index in [4.69, 9.17) is 4.98 Å². The van der Waals surface area contributed by atoms with Crippen LogP contribution < -0.4 is 4.90 Å². The number of hydrogen-bond acceptors (Lipinski definition) is 2. The quantitative estimate of drug-likeness (QED) is 0.202. The Morgan fingerprint density at radius 2 is 1.21 bits per heavy atom. The van der Waals surface area contributed by atoms with Crippen LogP contribution in [0.3, 0.4) is 0 Å². The molecule has 3 heterocycles. The predicted molar refractivity (Wildman–Crippen MR) is 182 cm³/mol. The van der Waals surface area contributed by atoms with Gasteiger partial charge in [-0.2, -0.15) is 0 Å². The number of imidazole rings is 1. The molecular weight excluding hydrogens is 522 g/mol. The molecule has 0 spiro atoms. The lowest BCUT2D eigenvalue weighted by molar-refractivity contribution is 0.894. The molecule has 0 radical (unpaired) electrons. The van der Waals surface area contributed by atoms with E-state index < -0.39 is 0 Å². The second-order valence-electron chi connectivity index (χ2n) is 11.2. The van der Waals surface area contributed by atoms with E-state index in [0.29, 0.717) is 0 Å². The number of aromatic nitrogens is 2. The number of rotatable bonds is 4. The van der Waals surface area contributed by atoms with Crippen LogP contribution in [0, 0.1) is 0 Å². The average Bonchev–Trinajstić information content (AvgIpc) is 3.58. The molecule has 0 saturated heterocycles. The molecule has 0 fully saturated rings. The van der Waals surface area contributed by atoms with Crippen molar-refractivity contribution in [2.75, 3.05) is 4.90 Å². The predicted octanol–water partition coefficient (Wildman–Crippen LogP) is 10.5. The Morgan fingerprint density at radius 3 is 1.86 bits per heavy atom. The van der Waals surface area contributed by atoms with E-state index in [0.717, 1.165) is 33.7 Å². The molecule has 1 aliphatic rings. The van der Waals surface area contributed by atoms with Gasteiger partial charge in [-0.25, -0.2) is 4.98 Å². The third kappa shape index (κ3) is 4.00. The molecule has 1 unspecified atom stereocenters. The summed E-state index contributed by atoms with van der Waals surface area (Å²) in [7, 11) is 0. The fraction of sp³-hybridized carbons (Fsp3) is 0.0750. The zero-order chi connectivity index (χ0) is 28.9. The van der Waals surface area contributed by atoms with Crippen molar-refractivity contribution in [2.45, 2.75) is 19.9 Å². The molecule has 206 valence electrons. The maximum atomic E-state index is 5.41. The first-order chi connectivity index (χ1) is 21.2. The van der Waals surface area contributed by atoms with Gasteiger partial charge < -0.3 is 4.90 Å². The Morgan fingerprint density at radius 1 is 0.628 bits per heavy atom. The number of fused-ring (bicyclic) bond motifs is 8. The summed E-state index contributed by atoms with van der Waals surface area (Å²) in [5.41, 5.74) is 10.4. The number of allylic oxidation sites excluding steroid dienone is 3.